The van der Waals surface area contributed by atoms with Crippen molar-refractivity contribution < 1.29 is 28.6 Å². The van der Waals surface area contributed by atoms with Crippen LogP contribution in [0, 0.1) is 0 Å². The average Bonchev–Trinajstić information content (AvgIpc) is 3.12. The van der Waals surface area contributed by atoms with Gasteiger partial charge in [-0.15, -0.1) is 0 Å². The number of carbonyl (C=O) groups is 3. The second kappa shape index (κ2) is 7.59. The van der Waals surface area contributed by atoms with Crippen LogP contribution in [0.2, 0.25) is 0 Å². The number of anilines is 1. The minimum atomic E-state index is -0.814. The van der Waals surface area contributed by atoms with Crippen LogP contribution in [0.5, 0.6) is 17.2 Å². The van der Waals surface area contributed by atoms with Crippen molar-refractivity contribution in [3.8, 4) is 17.2 Å². The maximum absolute atomic E-state index is 13.0. The van der Waals surface area contributed by atoms with Crippen molar-refractivity contribution in [2.24, 2.45) is 0 Å². The molecular formula is C20H15BrN2O6. The largest absolute Gasteiger partial charge is 0.493 e. The molecule has 1 fully saturated rings. The summed E-state index contributed by atoms with van der Waals surface area (Å²) in [6, 6.07) is 9.11. The fourth-order valence-corrected chi connectivity index (χ4v) is 3.38. The van der Waals surface area contributed by atoms with Crippen molar-refractivity contribution in [2.45, 2.75) is 6.92 Å². The maximum Gasteiger partial charge on any atom is 0.335 e. The summed E-state index contributed by atoms with van der Waals surface area (Å²) >= 11 is 3.31. The Balaban J connectivity index is 1.77. The summed E-state index contributed by atoms with van der Waals surface area (Å²) < 4.78 is 17.0. The molecule has 8 nitrogen and oxygen atoms in total. The number of hydrogen-bond donors (Lipinski definition) is 1. The number of rotatable bonds is 4. The summed E-state index contributed by atoms with van der Waals surface area (Å²) in [4.78, 5) is 38.7. The molecule has 0 unspecified atom stereocenters. The summed E-state index contributed by atoms with van der Waals surface area (Å²) in [7, 11) is 0. The average molecular weight is 459 g/mol. The Labute approximate surface area is 174 Å². The highest BCUT2D eigenvalue weighted by Crippen LogP contribution is 2.39. The lowest BCUT2D eigenvalue weighted by molar-refractivity contribution is -0.122. The first-order chi connectivity index (χ1) is 14.0. The molecule has 1 N–H and O–H groups in total. The fourth-order valence-electron chi connectivity index (χ4n) is 3.00. The molecule has 2 aliphatic rings. The van der Waals surface area contributed by atoms with Crippen LogP contribution in [0.15, 0.2) is 46.4 Å². The zero-order chi connectivity index (χ0) is 20.5. The Morgan fingerprint density at radius 2 is 1.93 bits per heavy atom. The van der Waals surface area contributed by atoms with Gasteiger partial charge in [0.1, 0.15) is 11.3 Å². The summed E-state index contributed by atoms with van der Waals surface area (Å²) in [6.07, 6.45) is 1.38. The monoisotopic (exact) mass is 458 g/mol. The van der Waals surface area contributed by atoms with Crippen molar-refractivity contribution in [1.82, 2.24) is 5.32 Å². The lowest BCUT2D eigenvalue weighted by Gasteiger charge is -2.26. The fraction of sp³-hybridized carbons (Fsp3) is 0.150. The molecule has 4 rings (SSSR count). The number of ether oxygens (including phenoxy) is 3. The highest BCUT2D eigenvalue weighted by Gasteiger charge is 2.37. The molecule has 2 heterocycles. The molecule has 0 saturated carbocycles. The first-order valence-corrected chi connectivity index (χ1v) is 9.50. The van der Waals surface area contributed by atoms with Crippen molar-refractivity contribution >= 4 is 45.5 Å². The van der Waals surface area contributed by atoms with E-state index in [9.17, 15) is 14.4 Å². The minimum absolute atomic E-state index is 0.0749. The van der Waals surface area contributed by atoms with Crippen LogP contribution in [-0.4, -0.2) is 31.2 Å². The predicted octanol–water partition coefficient (Wildman–Crippen LogP) is 3.24. The van der Waals surface area contributed by atoms with Crippen LogP contribution in [0.4, 0.5) is 10.5 Å². The van der Waals surface area contributed by atoms with Gasteiger partial charge in [0.25, 0.3) is 11.8 Å². The number of amides is 4. The number of halogens is 1. The standard InChI is InChI=1S/C20H15BrN2O6/c1-2-27-15-9-17-16(28-10-29-17)7-11(15)6-14-18(24)22-20(26)23(19(14)25)13-5-3-4-12(21)8-13/h3-9H,2,10H2,1H3,(H,22,24,26)/b14-6-. The van der Waals surface area contributed by atoms with Crippen LogP contribution in [0.25, 0.3) is 6.08 Å². The van der Waals surface area contributed by atoms with Crippen molar-refractivity contribution in [2.75, 3.05) is 18.3 Å². The van der Waals surface area contributed by atoms with E-state index in [2.05, 4.69) is 21.2 Å². The third kappa shape index (κ3) is 3.56. The number of nitrogens with one attached hydrogen (secondary N) is 1. The topological polar surface area (TPSA) is 94.2 Å². The molecule has 0 spiro atoms. The second-order valence-corrected chi connectivity index (χ2v) is 7.03. The number of barbiturate groups is 1. The van der Waals surface area contributed by atoms with Crippen LogP contribution in [0.1, 0.15) is 12.5 Å². The zero-order valence-corrected chi connectivity index (χ0v) is 16.8. The quantitative estimate of drug-likeness (QED) is 0.558. The van der Waals surface area contributed by atoms with Crippen molar-refractivity contribution in [1.29, 1.82) is 0 Å². The van der Waals surface area contributed by atoms with Gasteiger partial charge in [0.15, 0.2) is 11.5 Å². The Morgan fingerprint density at radius 3 is 2.66 bits per heavy atom. The van der Waals surface area contributed by atoms with E-state index in [1.807, 2.05) is 6.92 Å². The molecule has 1 saturated heterocycles. The molecule has 2 aliphatic heterocycles. The lowest BCUT2D eigenvalue weighted by Crippen LogP contribution is -2.54. The molecule has 4 amide bonds. The molecule has 0 aliphatic carbocycles. The van der Waals surface area contributed by atoms with Crippen molar-refractivity contribution in [3.63, 3.8) is 0 Å². The van der Waals surface area contributed by atoms with Gasteiger partial charge >= 0.3 is 6.03 Å². The minimum Gasteiger partial charge on any atom is -0.493 e. The predicted molar refractivity (Wildman–Crippen MR) is 107 cm³/mol. The molecule has 2 aromatic carbocycles. The third-order valence-electron chi connectivity index (χ3n) is 4.27. The zero-order valence-electron chi connectivity index (χ0n) is 15.2. The summed E-state index contributed by atoms with van der Waals surface area (Å²) in [5, 5.41) is 2.20. The number of imide groups is 2. The van der Waals surface area contributed by atoms with Gasteiger partial charge in [-0.25, -0.2) is 9.69 Å². The van der Waals surface area contributed by atoms with Crippen molar-refractivity contribution in [3.05, 3.63) is 52.0 Å². The van der Waals surface area contributed by atoms with Gasteiger partial charge in [-0.05, 0) is 37.3 Å². The van der Waals surface area contributed by atoms with Crippen LogP contribution >= 0.6 is 15.9 Å². The number of nitrogens with zero attached hydrogens (tertiary/aromatic N) is 1. The molecule has 9 heteroatoms. The van der Waals surface area contributed by atoms with E-state index in [1.165, 1.54) is 6.08 Å². The van der Waals surface area contributed by atoms with Crippen LogP contribution in [0.3, 0.4) is 0 Å². The SMILES string of the molecule is CCOc1cc2c(cc1/C=C1/C(=O)NC(=O)N(c3cccc(Br)c3)C1=O)OCO2. The molecule has 2 aromatic rings. The van der Waals surface area contributed by atoms with E-state index in [0.29, 0.717) is 39.6 Å². The first-order valence-electron chi connectivity index (χ1n) is 8.71. The lowest BCUT2D eigenvalue weighted by atomic mass is 10.1. The first kappa shape index (κ1) is 19.0. The number of fused-ring (bicyclic) bond motifs is 1. The van der Waals surface area contributed by atoms with E-state index in [-0.39, 0.29) is 12.4 Å². The second-order valence-electron chi connectivity index (χ2n) is 6.11. The van der Waals surface area contributed by atoms with Gasteiger partial charge in [0, 0.05) is 16.1 Å². The summed E-state index contributed by atoms with van der Waals surface area (Å²) in [5.41, 5.74) is 0.582. The highest BCUT2D eigenvalue weighted by molar-refractivity contribution is 9.10. The number of urea groups is 1. The molecule has 29 heavy (non-hydrogen) atoms. The number of carbonyl (C=O) groups excluding carboxylic acids is 3. The van der Waals surface area contributed by atoms with Gasteiger partial charge in [0.05, 0.1) is 12.3 Å². The van der Waals surface area contributed by atoms with Gasteiger partial charge < -0.3 is 14.2 Å². The Hall–Kier alpha value is -3.33. The van der Waals surface area contributed by atoms with Gasteiger partial charge in [-0.3, -0.25) is 14.9 Å². The molecule has 0 bridgehead atoms. The number of hydrogen-bond acceptors (Lipinski definition) is 6. The normalized spacial score (nSPS) is 17.0. The van der Waals surface area contributed by atoms with Crippen LogP contribution < -0.4 is 24.4 Å². The highest BCUT2D eigenvalue weighted by atomic mass is 79.9. The summed E-state index contributed by atoms with van der Waals surface area (Å²) in [6.45, 7) is 2.26. The van der Waals surface area contributed by atoms with E-state index < -0.39 is 17.8 Å². The smallest absolute Gasteiger partial charge is 0.335 e. The Kier molecular flexibility index (Phi) is 4.98. The van der Waals surface area contributed by atoms with Crippen LogP contribution in [-0.2, 0) is 9.59 Å². The van der Waals surface area contributed by atoms with E-state index >= 15 is 0 Å². The summed E-state index contributed by atoms with van der Waals surface area (Å²) in [5.74, 6) is -0.107. The van der Waals surface area contributed by atoms with E-state index in [0.717, 1.165) is 4.90 Å². The molecule has 0 radical (unpaired) electrons. The third-order valence-corrected chi connectivity index (χ3v) is 4.77. The molecule has 0 atom stereocenters. The van der Waals surface area contributed by atoms with E-state index in [4.69, 9.17) is 14.2 Å². The molecule has 0 aromatic heterocycles. The van der Waals surface area contributed by atoms with Gasteiger partial charge in [-0.2, -0.15) is 0 Å². The van der Waals surface area contributed by atoms with E-state index in [1.54, 1.807) is 36.4 Å². The number of benzene rings is 2. The molecular weight excluding hydrogens is 444 g/mol. The van der Waals surface area contributed by atoms with Gasteiger partial charge in [-0.1, -0.05) is 22.0 Å². The Bertz CT molecular complexity index is 1060. The van der Waals surface area contributed by atoms with Gasteiger partial charge in [0.2, 0.25) is 6.79 Å². The Morgan fingerprint density at radius 1 is 1.17 bits per heavy atom. The maximum atomic E-state index is 13.0. The molecule has 148 valence electrons.